The lowest BCUT2D eigenvalue weighted by atomic mass is 10.1. The van der Waals surface area contributed by atoms with Gasteiger partial charge in [0.1, 0.15) is 11.6 Å². The zero-order valence-electron chi connectivity index (χ0n) is 13.2. The number of ether oxygens (including phenoxy) is 1. The number of aromatic nitrogens is 1. The number of carbonyl (C=O) groups excluding carboxylic acids is 1. The molecule has 0 unspecified atom stereocenters. The number of hydrogen-bond acceptors (Lipinski definition) is 4. The molecule has 1 amide bonds. The number of nitrogens with zero attached hydrogens (tertiary/aromatic N) is 1. The van der Waals surface area contributed by atoms with Crippen LogP contribution in [0.5, 0.6) is 5.75 Å². The highest BCUT2D eigenvalue weighted by molar-refractivity contribution is 5.94. The molecule has 120 valence electrons. The molecular formula is C18H21N3O2. The number of anilines is 1. The van der Waals surface area contributed by atoms with Gasteiger partial charge in [-0.2, -0.15) is 0 Å². The minimum absolute atomic E-state index is 0.136. The Labute approximate surface area is 136 Å². The summed E-state index contributed by atoms with van der Waals surface area (Å²) in [5, 5.41) is 5.97. The molecule has 2 rings (SSSR count). The highest BCUT2D eigenvalue weighted by atomic mass is 16.5. The van der Waals surface area contributed by atoms with Gasteiger partial charge in [-0.3, -0.25) is 4.79 Å². The number of nitrogens with one attached hydrogen (secondary N) is 2. The van der Waals surface area contributed by atoms with E-state index in [0.29, 0.717) is 17.9 Å². The minimum Gasteiger partial charge on any atom is -0.497 e. The van der Waals surface area contributed by atoms with Gasteiger partial charge in [0.05, 0.1) is 7.11 Å². The summed E-state index contributed by atoms with van der Waals surface area (Å²) in [6.45, 7) is 4.74. The number of rotatable bonds is 8. The van der Waals surface area contributed by atoms with Crippen LogP contribution in [0.25, 0.3) is 0 Å². The topological polar surface area (TPSA) is 63.2 Å². The van der Waals surface area contributed by atoms with Crippen LogP contribution in [0.1, 0.15) is 15.9 Å². The quantitative estimate of drug-likeness (QED) is 0.736. The molecule has 1 aromatic carbocycles. The SMILES string of the molecule is C=CCNC(=O)c1ccnc(NCCc2cccc(OC)c2)c1. The molecule has 1 heterocycles. The number of amides is 1. The maximum atomic E-state index is 11.9. The molecule has 5 heteroatoms. The summed E-state index contributed by atoms with van der Waals surface area (Å²) in [5.74, 6) is 1.39. The standard InChI is InChI=1S/C18H21N3O2/c1-3-9-21-18(22)15-8-11-20-17(13-15)19-10-7-14-5-4-6-16(12-14)23-2/h3-6,8,11-13H,1,7,9-10H2,2H3,(H,19,20)(H,21,22). The average molecular weight is 311 g/mol. The molecule has 0 radical (unpaired) electrons. The third-order valence-corrected chi connectivity index (χ3v) is 3.28. The summed E-state index contributed by atoms with van der Waals surface area (Å²) in [7, 11) is 1.66. The van der Waals surface area contributed by atoms with Crippen LogP contribution in [0.3, 0.4) is 0 Å². The van der Waals surface area contributed by atoms with Gasteiger partial charge >= 0.3 is 0 Å². The summed E-state index contributed by atoms with van der Waals surface area (Å²) in [4.78, 5) is 16.1. The molecule has 0 saturated heterocycles. The van der Waals surface area contributed by atoms with E-state index < -0.39 is 0 Å². The van der Waals surface area contributed by atoms with E-state index in [-0.39, 0.29) is 5.91 Å². The molecule has 2 N–H and O–H groups in total. The van der Waals surface area contributed by atoms with Crippen LogP contribution >= 0.6 is 0 Å². The summed E-state index contributed by atoms with van der Waals surface area (Å²) in [6.07, 6.45) is 4.11. The van der Waals surface area contributed by atoms with E-state index in [1.54, 1.807) is 31.5 Å². The van der Waals surface area contributed by atoms with Gasteiger partial charge in [-0.15, -0.1) is 6.58 Å². The predicted octanol–water partition coefficient (Wildman–Crippen LogP) is 2.66. The van der Waals surface area contributed by atoms with Gasteiger partial charge in [-0.25, -0.2) is 4.98 Å². The Hall–Kier alpha value is -2.82. The van der Waals surface area contributed by atoms with Gasteiger partial charge in [0.15, 0.2) is 0 Å². The van der Waals surface area contributed by atoms with Gasteiger partial charge in [0, 0.05) is 24.8 Å². The second kappa shape index (κ2) is 8.58. The third-order valence-electron chi connectivity index (χ3n) is 3.28. The number of hydrogen-bond donors (Lipinski definition) is 2. The van der Waals surface area contributed by atoms with Crippen molar-refractivity contribution in [3.63, 3.8) is 0 Å². The molecular weight excluding hydrogens is 290 g/mol. The van der Waals surface area contributed by atoms with Crippen LogP contribution < -0.4 is 15.4 Å². The van der Waals surface area contributed by atoms with Crippen molar-refractivity contribution in [3.8, 4) is 5.75 Å². The van der Waals surface area contributed by atoms with Crippen molar-refractivity contribution in [3.05, 3.63) is 66.4 Å². The molecule has 0 spiro atoms. The predicted molar refractivity (Wildman–Crippen MR) is 92.0 cm³/mol. The first-order valence-corrected chi connectivity index (χ1v) is 7.45. The van der Waals surface area contributed by atoms with Crippen molar-refractivity contribution in [2.75, 3.05) is 25.5 Å². The van der Waals surface area contributed by atoms with E-state index in [0.717, 1.165) is 18.7 Å². The highest BCUT2D eigenvalue weighted by Crippen LogP contribution is 2.13. The summed E-state index contributed by atoms with van der Waals surface area (Å²) >= 11 is 0. The third kappa shape index (κ3) is 5.14. The molecule has 2 aromatic rings. The van der Waals surface area contributed by atoms with Gasteiger partial charge < -0.3 is 15.4 Å². The van der Waals surface area contributed by atoms with Crippen molar-refractivity contribution in [1.29, 1.82) is 0 Å². The molecule has 0 saturated carbocycles. The monoisotopic (exact) mass is 311 g/mol. The molecule has 0 atom stereocenters. The Morgan fingerprint density at radius 1 is 1.35 bits per heavy atom. The maximum absolute atomic E-state index is 11.9. The minimum atomic E-state index is -0.136. The Morgan fingerprint density at radius 3 is 3.00 bits per heavy atom. The van der Waals surface area contributed by atoms with E-state index >= 15 is 0 Å². The smallest absolute Gasteiger partial charge is 0.251 e. The molecule has 0 bridgehead atoms. The van der Waals surface area contributed by atoms with Gasteiger partial charge in [-0.05, 0) is 36.2 Å². The van der Waals surface area contributed by atoms with Crippen LogP contribution in [0.15, 0.2) is 55.3 Å². The Bertz CT molecular complexity index is 671. The van der Waals surface area contributed by atoms with E-state index in [4.69, 9.17) is 4.74 Å². The lowest BCUT2D eigenvalue weighted by Gasteiger charge is -2.08. The van der Waals surface area contributed by atoms with Crippen molar-refractivity contribution in [2.45, 2.75) is 6.42 Å². The number of methoxy groups -OCH3 is 1. The van der Waals surface area contributed by atoms with Crippen LogP contribution in [-0.4, -0.2) is 31.1 Å². The Morgan fingerprint density at radius 2 is 2.22 bits per heavy atom. The fraction of sp³-hybridized carbons (Fsp3) is 0.222. The first-order chi connectivity index (χ1) is 11.2. The van der Waals surface area contributed by atoms with E-state index in [1.165, 1.54) is 5.56 Å². The molecule has 0 aliphatic carbocycles. The molecule has 1 aromatic heterocycles. The van der Waals surface area contributed by atoms with Crippen molar-refractivity contribution in [2.24, 2.45) is 0 Å². The van der Waals surface area contributed by atoms with Crippen molar-refractivity contribution < 1.29 is 9.53 Å². The van der Waals surface area contributed by atoms with Crippen LogP contribution in [-0.2, 0) is 6.42 Å². The van der Waals surface area contributed by atoms with Crippen LogP contribution in [0, 0.1) is 0 Å². The first-order valence-electron chi connectivity index (χ1n) is 7.45. The molecule has 0 aliphatic heterocycles. The lowest BCUT2D eigenvalue weighted by molar-refractivity contribution is 0.0958. The molecule has 0 aliphatic rings. The van der Waals surface area contributed by atoms with Gasteiger partial charge in [-0.1, -0.05) is 18.2 Å². The van der Waals surface area contributed by atoms with Crippen molar-refractivity contribution >= 4 is 11.7 Å². The van der Waals surface area contributed by atoms with Gasteiger partial charge in [0.25, 0.3) is 5.91 Å². The Balaban J connectivity index is 1.90. The van der Waals surface area contributed by atoms with Crippen LogP contribution in [0.4, 0.5) is 5.82 Å². The number of pyridine rings is 1. The summed E-state index contributed by atoms with van der Waals surface area (Å²) in [5.41, 5.74) is 1.75. The zero-order valence-corrected chi connectivity index (χ0v) is 13.2. The summed E-state index contributed by atoms with van der Waals surface area (Å²) < 4.78 is 5.21. The first kappa shape index (κ1) is 16.5. The molecule has 23 heavy (non-hydrogen) atoms. The Kier molecular flexibility index (Phi) is 6.17. The number of benzene rings is 1. The fourth-order valence-corrected chi connectivity index (χ4v) is 2.10. The highest BCUT2D eigenvalue weighted by Gasteiger charge is 2.05. The fourth-order valence-electron chi connectivity index (χ4n) is 2.10. The normalized spacial score (nSPS) is 9.96. The molecule has 0 fully saturated rings. The second-order valence-electron chi connectivity index (χ2n) is 4.96. The zero-order chi connectivity index (χ0) is 16.5. The number of carbonyl (C=O) groups is 1. The van der Waals surface area contributed by atoms with Crippen molar-refractivity contribution in [1.82, 2.24) is 10.3 Å². The van der Waals surface area contributed by atoms with E-state index in [9.17, 15) is 4.79 Å². The maximum Gasteiger partial charge on any atom is 0.251 e. The van der Waals surface area contributed by atoms with Crippen LogP contribution in [0.2, 0.25) is 0 Å². The average Bonchev–Trinajstić information content (AvgIpc) is 2.60. The largest absolute Gasteiger partial charge is 0.497 e. The molecule has 5 nitrogen and oxygen atoms in total. The lowest BCUT2D eigenvalue weighted by Crippen LogP contribution is -2.23. The summed E-state index contributed by atoms with van der Waals surface area (Å²) in [6, 6.07) is 11.4. The van der Waals surface area contributed by atoms with E-state index in [1.807, 2.05) is 18.2 Å². The van der Waals surface area contributed by atoms with Gasteiger partial charge in [0.2, 0.25) is 0 Å². The van der Waals surface area contributed by atoms with E-state index in [2.05, 4.69) is 28.3 Å². The second-order valence-corrected chi connectivity index (χ2v) is 4.96.